The number of carboxylic acid groups (broad SMARTS) is 1. The summed E-state index contributed by atoms with van der Waals surface area (Å²) in [5.74, 6) is 2.58. The number of carbonyl (C=O) groups is 1. The smallest absolute Gasteiger partial charge is 0.407 e. The van der Waals surface area contributed by atoms with E-state index in [4.69, 9.17) is 0 Å². The lowest BCUT2D eigenvalue weighted by Gasteiger charge is -2.43. The van der Waals surface area contributed by atoms with E-state index in [1.165, 1.54) is 4.90 Å². The molecule has 2 saturated heterocycles. The number of thiol groups is 1. The molecule has 25 heavy (non-hydrogen) atoms. The maximum atomic E-state index is 15.0. The van der Waals surface area contributed by atoms with Gasteiger partial charge in [0, 0.05) is 13.1 Å². The maximum absolute atomic E-state index is 15.0. The molecular weight excluding hydrogens is 345 g/mol. The van der Waals surface area contributed by atoms with Crippen molar-refractivity contribution in [2.24, 2.45) is 0 Å². The zero-order valence-electron chi connectivity index (χ0n) is 14.8. The SMILES string of the molecule is CC[SH](CC)c1ncc(N(C)C2CC3CCC(C2F)N3C(=O)O)nn1. The summed E-state index contributed by atoms with van der Waals surface area (Å²) in [6.45, 7) is 4.25. The Balaban J connectivity index is 1.75. The van der Waals surface area contributed by atoms with Crippen molar-refractivity contribution in [1.82, 2.24) is 20.1 Å². The van der Waals surface area contributed by atoms with Gasteiger partial charge in [0.1, 0.15) is 6.17 Å². The molecular formula is C16H26FN5O2S. The van der Waals surface area contributed by atoms with Gasteiger partial charge in [-0.2, -0.15) is 10.9 Å². The number of alkyl halides is 1. The van der Waals surface area contributed by atoms with Gasteiger partial charge in [0.25, 0.3) is 0 Å². The lowest BCUT2D eigenvalue weighted by molar-refractivity contribution is 0.0489. The van der Waals surface area contributed by atoms with Crippen LogP contribution in [0.25, 0.3) is 0 Å². The fourth-order valence-electron chi connectivity index (χ4n) is 4.04. The number of hydrogen-bond acceptors (Lipinski definition) is 5. The van der Waals surface area contributed by atoms with Crippen LogP contribution in [0.15, 0.2) is 11.4 Å². The predicted octanol–water partition coefficient (Wildman–Crippen LogP) is 2.33. The molecule has 1 N–H and O–H groups in total. The minimum Gasteiger partial charge on any atom is -0.465 e. The summed E-state index contributed by atoms with van der Waals surface area (Å²) in [5.41, 5.74) is 0. The first-order valence-electron chi connectivity index (χ1n) is 8.80. The highest BCUT2D eigenvalue weighted by Gasteiger charge is 2.51. The van der Waals surface area contributed by atoms with Crippen LogP contribution in [-0.2, 0) is 0 Å². The van der Waals surface area contributed by atoms with Crippen molar-refractivity contribution in [1.29, 1.82) is 0 Å². The van der Waals surface area contributed by atoms with Crippen LogP contribution < -0.4 is 4.90 Å². The Kier molecular flexibility index (Phi) is 5.31. The lowest BCUT2D eigenvalue weighted by atomic mass is 9.94. The molecule has 0 aromatic carbocycles. The molecule has 4 atom stereocenters. The van der Waals surface area contributed by atoms with E-state index < -0.39 is 24.3 Å². The first kappa shape index (κ1) is 18.2. The number of nitrogens with zero attached hydrogens (tertiary/aromatic N) is 5. The number of piperidine rings is 1. The van der Waals surface area contributed by atoms with Crippen LogP contribution in [0.1, 0.15) is 33.1 Å². The number of anilines is 1. The van der Waals surface area contributed by atoms with Crippen LogP contribution in [0.4, 0.5) is 15.0 Å². The molecule has 4 unspecified atom stereocenters. The zero-order valence-corrected chi connectivity index (χ0v) is 15.7. The molecule has 1 amide bonds. The highest BCUT2D eigenvalue weighted by Crippen LogP contribution is 2.40. The third-order valence-corrected chi connectivity index (χ3v) is 7.76. The summed E-state index contributed by atoms with van der Waals surface area (Å²) >= 11 is 0. The third-order valence-electron chi connectivity index (χ3n) is 5.46. The summed E-state index contributed by atoms with van der Waals surface area (Å²) in [7, 11) is 1.42. The quantitative estimate of drug-likeness (QED) is 0.773. The van der Waals surface area contributed by atoms with Crippen molar-refractivity contribution < 1.29 is 14.3 Å². The van der Waals surface area contributed by atoms with Gasteiger partial charge in [-0.05, 0) is 30.8 Å². The second kappa shape index (κ2) is 7.31. The normalized spacial score (nSPS) is 28.8. The molecule has 1 aromatic heterocycles. The van der Waals surface area contributed by atoms with Crippen LogP contribution in [0.2, 0.25) is 0 Å². The van der Waals surface area contributed by atoms with Crippen molar-refractivity contribution in [3.05, 3.63) is 6.20 Å². The average molecular weight is 371 g/mol. The topological polar surface area (TPSA) is 82.5 Å². The molecule has 9 heteroatoms. The Morgan fingerprint density at radius 2 is 2.12 bits per heavy atom. The molecule has 2 fully saturated rings. The third kappa shape index (κ3) is 3.26. The first-order chi connectivity index (χ1) is 12.0. The molecule has 3 heterocycles. The van der Waals surface area contributed by atoms with E-state index >= 15 is 0 Å². The summed E-state index contributed by atoms with van der Waals surface area (Å²) in [4.78, 5) is 18.9. The van der Waals surface area contributed by atoms with Gasteiger partial charge >= 0.3 is 6.09 Å². The highest BCUT2D eigenvalue weighted by molar-refractivity contribution is 8.16. The van der Waals surface area contributed by atoms with E-state index in [0.29, 0.717) is 18.7 Å². The largest absolute Gasteiger partial charge is 0.465 e. The van der Waals surface area contributed by atoms with E-state index in [2.05, 4.69) is 29.0 Å². The van der Waals surface area contributed by atoms with Crippen molar-refractivity contribution in [2.45, 2.75) is 62.6 Å². The van der Waals surface area contributed by atoms with Crippen molar-refractivity contribution >= 4 is 22.8 Å². The fraction of sp³-hybridized carbons (Fsp3) is 0.750. The van der Waals surface area contributed by atoms with Crippen LogP contribution in [0.3, 0.4) is 0 Å². The van der Waals surface area contributed by atoms with Crippen molar-refractivity contribution in [2.75, 3.05) is 23.5 Å². The Hall–Kier alpha value is -1.64. The monoisotopic (exact) mass is 371 g/mol. The van der Waals surface area contributed by atoms with Gasteiger partial charge in [0.15, 0.2) is 11.0 Å². The molecule has 2 aliphatic heterocycles. The van der Waals surface area contributed by atoms with Gasteiger partial charge in [-0.15, -0.1) is 10.2 Å². The van der Waals surface area contributed by atoms with Gasteiger partial charge in [-0.1, -0.05) is 13.8 Å². The molecule has 0 radical (unpaired) electrons. The minimum atomic E-state index is -1.23. The highest BCUT2D eigenvalue weighted by atomic mass is 32.2. The van der Waals surface area contributed by atoms with Crippen LogP contribution in [0.5, 0.6) is 0 Å². The second-order valence-electron chi connectivity index (χ2n) is 6.64. The van der Waals surface area contributed by atoms with Crippen molar-refractivity contribution in [3.8, 4) is 0 Å². The number of halogens is 1. The first-order valence-corrected chi connectivity index (χ1v) is 10.5. The van der Waals surface area contributed by atoms with Gasteiger partial charge in [-0.25, -0.2) is 14.2 Å². The van der Waals surface area contributed by atoms with Gasteiger partial charge < -0.3 is 10.0 Å². The molecule has 2 aliphatic rings. The summed E-state index contributed by atoms with van der Waals surface area (Å²) in [6, 6.07) is -1.07. The van der Waals surface area contributed by atoms with Crippen LogP contribution >= 0.6 is 10.9 Å². The zero-order chi connectivity index (χ0) is 18.1. The number of amides is 1. The number of hydrogen-bond donors (Lipinski definition) is 2. The number of rotatable bonds is 5. The standard InChI is InChI=1S/C16H26FN5O2S/c1-4-25(5-2)15-18-9-13(19-20-15)21(3)12-8-10-6-7-11(14(12)17)22(10)16(23)24/h9-12,14,25H,4-8H2,1-3H3,(H,23,24). The molecule has 2 bridgehead atoms. The van der Waals surface area contributed by atoms with Crippen molar-refractivity contribution in [3.63, 3.8) is 0 Å². The Morgan fingerprint density at radius 3 is 2.68 bits per heavy atom. The minimum absolute atomic E-state index is 0.116. The summed E-state index contributed by atoms with van der Waals surface area (Å²) < 4.78 is 15.0. The van der Waals surface area contributed by atoms with E-state index in [-0.39, 0.29) is 16.9 Å². The van der Waals surface area contributed by atoms with E-state index in [1.54, 1.807) is 18.1 Å². The van der Waals surface area contributed by atoms with Gasteiger partial charge in [0.2, 0.25) is 0 Å². The van der Waals surface area contributed by atoms with Crippen LogP contribution in [-0.4, -0.2) is 74.1 Å². The van der Waals surface area contributed by atoms with Gasteiger partial charge in [-0.3, -0.25) is 4.90 Å². The van der Waals surface area contributed by atoms with E-state index in [9.17, 15) is 14.3 Å². The maximum Gasteiger partial charge on any atom is 0.407 e. The lowest BCUT2D eigenvalue weighted by Crippen LogP contribution is -2.58. The Morgan fingerprint density at radius 1 is 1.40 bits per heavy atom. The predicted molar refractivity (Wildman–Crippen MR) is 96.5 cm³/mol. The van der Waals surface area contributed by atoms with E-state index in [1.807, 2.05) is 0 Å². The van der Waals surface area contributed by atoms with Crippen LogP contribution in [0, 0.1) is 0 Å². The molecule has 0 saturated carbocycles. The Bertz CT molecular complexity index is 615. The van der Waals surface area contributed by atoms with E-state index in [0.717, 1.165) is 23.1 Å². The molecule has 140 valence electrons. The average Bonchev–Trinajstić information content (AvgIpc) is 2.97. The molecule has 0 spiro atoms. The fourth-order valence-corrected chi connectivity index (χ4v) is 5.44. The Labute approximate surface area is 150 Å². The summed E-state index contributed by atoms with van der Waals surface area (Å²) in [5, 5.41) is 18.6. The number of aromatic nitrogens is 3. The number of fused-ring (bicyclic) bond motifs is 2. The molecule has 1 aromatic rings. The second-order valence-corrected chi connectivity index (χ2v) is 9.38. The summed E-state index contributed by atoms with van der Waals surface area (Å²) in [6.07, 6.45) is 1.20. The molecule has 7 nitrogen and oxygen atoms in total. The molecule has 3 rings (SSSR count). The molecule has 0 aliphatic carbocycles. The van der Waals surface area contributed by atoms with Gasteiger partial charge in [0.05, 0.1) is 18.3 Å².